The summed E-state index contributed by atoms with van der Waals surface area (Å²) in [5, 5.41) is 4.70. The fraction of sp³-hybridized carbons (Fsp3) is 0.600. The van der Waals surface area contributed by atoms with Gasteiger partial charge in [0.2, 0.25) is 5.91 Å². The highest BCUT2D eigenvalue weighted by molar-refractivity contribution is 5.95. The zero-order valence-electron chi connectivity index (χ0n) is 9.65. The van der Waals surface area contributed by atoms with E-state index in [1.165, 1.54) is 0 Å². The van der Waals surface area contributed by atoms with Gasteiger partial charge in [0.1, 0.15) is 0 Å². The highest BCUT2D eigenvalue weighted by Gasteiger charge is 2.21. The maximum absolute atomic E-state index is 11.4. The Bertz CT molecular complexity index is 285. The van der Waals surface area contributed by atoms with Gasteiger partial charge in [-0.3, -0.25) is 15.0 Å². The lowest BCUT2D eigenvalue weighted by molar-refractivity contribution is -0.120. The number of imide groups is 1. The molecule has 0 unspecified atom stereocenters. The van der Waals surface area contributed by atoms with Crippen molar-refractivity contribution in [3.8, 4) is 0 Å². The second-order valence-corrected chi connectivity index (χ2v) is 3.83. The van der Waals surface area contributed by atoms with Gasteiger partial charge < -0.3 is 11.1 Å². The number of hydrogen-bond donors (Lipinski definition) is 3. The second kappa shape index (κ2) is 8.05. The molecule has 6 nitrogen and oxygen atoms in total. The first kappa shape index (κ1) is 15.9. The molecule has 98 valence electrons. The molecule has 0 radical (unpaired) electrons. The van der Waals surface area contributed by atoms with Gasteiger partial charge in [-0.2, -0.15) is 0 Å². The number of nitrogens with two attached hydrogens (primary N) is 1. The molecule has 0 aromatic carbocycles. The standard InChI is InChI=1S/C10H18N4O2.ClH/c1-2-4-12-10(16)13-9(15)7-14-5-3-8(11)6-14;/h2,8H,1,3-7,11H2,(H2,12,13,15,16);1H/t8-;/m0./s1. The SMILES string of the molecule is C=CCNC(=O)NC(=O)CN1CC[C@H](N)C1.Cl. The summed E-state index contributed by atoms with van der Waals surface area (Å²) in [5.74, 6) is -0.310. The van der Waals surface area contributed by atoms with Crippen LogP contribution in [0.25, 0.3) is 0 Å². The maximum Gasteiger partial charge on any atom is 0.321 e. The molecular formula is C10H19ClN4O2. The van der Waals surface area contributed by atoms with E-state index in [2.05, 4.69) is 17.2 Å². The van der Waals surface area contributed by atoms with Crippen molar-refractivity contribution in [1.82, 2.24) is 15.5 Å². The molecule has 7 heteroatoms. The van der Waals surface area contributed by atoms with Crippen molar-refractivity contribution < 1.29 is 9.59 Å². The molecule has 0 saturated carbocycles. The molecule has 1 aliphatic heterocycles. The predicted octanol–water partition coefficient (Wildman–Crippen LogP) is -0.547. The van der Waals surface area contributed by atoms with E-state index in [9.17, 15) is 9.59 Å². The van der Waals surface area contributed by atoms with E-state index in [-0.39, 0.29) is 30.9 Å². The van der Waals surface area contributed by atoms with Crippen LogP contribution in [0.3, 0.4) is 0 Å². The number of amides is 3. The Balaban J connectivity index is 0.00000256. The lowest BCUT2D eigenvalue weighted by Crippen LogP contribution is -2.44. The average Bonchev–Trinajstić information content (AvgIpc) is 2.60. The van der Waals surface area contributed by atoms with E-state index in [1.54, 1.807) is 6.08 Å². The molecule has 17 heavy (non-hydrogen) atoms. The van der Waals surface area contributed by atoms with Gasteiger partial charge >= 0.3 is 6.03 Å². The van der Waals surface area contributed by atoms with E-state index in [4.69, 9.17) is 5.73 Å². The first-order chi connectivity index (χ1) is 7.61. The summed E-state index contributed by atoms with van der Waals surface area (Å²) in [5.41, 5.74) is 5.70. The van der Waals surface area contributed by atoms with Crippen molar-refractivity contribution in [3.05, 3.63) is 12.7 Å². The minimum atomic E-state index is -0.492. The molecule has 1 fully saturated rings. The molecule has 3 amide bonds. The van der Waals surface area contributed by atoms with E-state index in [1.807, 2.05) is 4.90 Å². The molecule has 0 aromatic rings. The van der Waals surface area contributed by atoms with Gasteiger partial charge in [0, 0.05) is 25.7 Å². The molecule has 0 bridgehead atoms. The smallest absolute Gasteiger partial charge is 0.321 e. The van der Waals surface area contributed by atoms with E-state index in [0.29, 0.717) is 13.1 Å². The molecular weight excluding hydrogens is 244 g/mol. The lowest BCUT2D eigenvalue weighted by Gasteiger charge is -2.14. The molecule has 4 N–H and O–H groups in total. The van der Waals surface area contributed by atoms with Gasteiger partial charge in [0.05, 0.1) is 6.54 Å². The molecule has 1 aliphatic rings. The van der Waals surface area contributed by atoms with Crippen molar-refractivity contribution in [2.75, 3.05) is 26.2 Å². The molecule has 0 aliphatic carbocycles. The van der Waals surface area contributed by atoms with Gasteiger partial charge in [-0.25, -0.2) is 4.79 Å². The maximum atomic E-state index is 11.4. The summed E-state index contributed by atoms with van der Waals surface area (Å²) in [6.07, 6.45) is 2.44. The van der Waals surface area contributed by atoms with Crippen LogP contribution in [0.15, 0.2) is 12.7 Å². The molecule has 1 atom stereocenters. The van der Waals surface area contributed by atoms with Gasteiger partial charge in [-0.15, -0.1) is 19.0 Å². The Labute approximate surface area is 107 Å². The van der Waals surface area contributed by atoms with E-state index < -0.39 is 6.03 Å². The molecule has 0 aromatic heterocycles. The fourth-order valence-corrected chi connectivity index (χ4v) is 1.58. The highest BCUT2D eigenvalue weighted by atomic mass is 35.5. The van der Waals surface area contributed by atoms with Crippen LogP contribution < -0.4 is 16.4 Å². The van der Waals surface area contributed by atoms with Crippen molar-refractivity contribution in [3.63, 3.8) is 0 Å². The molecule has 0 spiro atoms. The molecule has 1 rings (SSSR count). The predicted molar refractivity (Wildman–Crippen MR) is 68.0 cm³/mol. The Hall–Kier alpha value is -1.11. The number of carbonyl (C=O) groups excluding carboxylic acids is 2. The minimum absolute atomic E-state index is 0. The Morgan fingerprint density at radius 2 is 2.24 bits per heavy atom. The fourth-order valence-electron chi connectivity index (χ4n) is 1.58. The van der Waals surface area contributed by atoms with E-state index >= 15 is 0 Å². The monoisotopic (exact) mass is 262 g/mol. The second-order valence-electron chi connectivity index (χ2n) is 3.83. The quantitative estimate of drug-likeness (QED) is 0.594. The summed E-state index contributed by atoms with van der Waals surface area (Å²) in [7, 11) is 0. The average molecular weight is 263 g/mol. The van der Waals surface area contributed by atoms with Crippen LogP contribution >= 0.6 is 12.4 Å². The van der Waals surface area contributed by atoms with Crippen LogP contribution in [0.4, 0.5) is 4.79 Å². The summed E-state index contributed by atoms with van der Waals surface area (Å²) >= 11 is 0. The van der Waals surface area contributed by atoms with Crippen molar-refractivity contribution in [2.24, 2.45) is 5.73 Å². The number of urea groups is 1. The van der Waals surface area contributed by atoms with Gasteiger partial charge in [0.25, 0.3) is 0 Å². The normalized spacial score (nSPS) is 19.2. The number of halogens is 1. The number of likely N-dealkylation sites (tertiary alicyclic amines) is 1. The number of rotatable bonds is 4. The first-order valence-electron chi connectivity index (χ1n) is 5.28. The summed E-state index contributed by atoms with van der Waals surface area (Å²) in [6, 6.07) is -0.351. The number of hydrogen-bond acceptors (Lipinski definition) is 4. The van der Waals surface area contributed by atoms with Crippen molar-refractivity contribution in [2.45, 2.75) is 12.5 Å². The third-order valence-corrected chi connectivity index (χ3v) is 2.34. The Morgan fingerprint density at radius 3 is 2.76 bits per heavy atom. The Kier molecular flexibility index (Phi) is 7.53. The van der Waals surface area contributed by atoms with Crippen LogP contribution in [0.1, 0.15) is 6.42 Å². The third-order valence-electron chi connectivity index (χ3n) is 2.34. The van der Waals surface area contributed by atoms with Crippen LogP contribution in [0, 0.1) is 0 Å². The molecule has 1 heterocycles. The number of nitrogens with zero attached hydrogens (tertiary/aromatic N) is 1. The number of carbonyl (C=O) groups is 2. The van der Waals surface area contributed by atoms with Crippen LogP contribution in [-0.4, -0.2) is 49.1 Å². The first-order valence-corrected chi connectivity index (χ1v) is 5.28. The largest absolute Gasteiger partial charge is 0.334 e. The zero-order chi connectivity index (χ0) is 12.0. The zero-order valence-corrected chi connectivity index (χ0v) is 10.5. The minimum Gasteiger partial charge on any atom is -0.334 e. The summed E-state index contributed by atoms with van der Waals surface area (Å²) < 4.78 is 0. The van der Waals surface area contributed by atoms with Gasteiger partial charge in [-0.05, 0) is 6.42 Å². The van der Waals surface area contributed by atoms with Crippen LogP contribution in [-0.2, 0) is 4.79 Å². The van der Waals surface area contributed by atoms with E-state index in [0.717, 1.165) is 13.0 Å². The van der Waals surface area contributed by atoms with Crippen molar-refractivity contribution >= 4 is 24.3 Å². The lowest BCUT2D eigenvalue weighted by atomic mass is 10.3. The highest BCUT2D eigenvalue weighted by Crippen LogP contribution is 2.05. The van der Waals surface area contributed by atoms with Gasteiger partial charge in [0.15, 0.2) is 0 Å². The molecule has 1 saturated heterocycles. The number of nitrogens with one attached hydrogen (secondary N) is 2. The van der Waals surface area contributed by atoms with Crippen molar-refractivity contribution in [1.29, 1.82) is 0 Å². The third kappa shape index (κ3) is 6.25. The van der Waals surface area contributed by atoms with Crippen LogP contribution in [0.5, 0.6) is 0 Å². The summed E-state index contributed by atoms with van der Waals surface area (Å²) in [6.45, 7) is 5.53. The topological polar surface area (TPSA) is 87.5 Å². The van der Waals surface area contributed by atoms with Gasteiger partial charge in [-0.1, -0.05) is 6.08 Å². The summed E-state index contributed by atoms with van der Waals surface area (Å²) in [4.78, 5) is 24.4. The van der Waals surface area contributed by atoms with Crippen LogP contribution in [0.2, 0.25) is 0 Å². The Morgan fingerprint density at radius 1 is 1.53 bits per heavy atom.